The average Bonchev–Trinajstić information content (AvgIpc) is 2.57. The van der Waals surface area contributed by atoms with E-state index >= 15 is 0 Å². The first-order valence-electron chi connectivity index (χ1n) is 7.39. The fourth-order valence-corrected chi connectivity index (χ4v) is 1.84. The molecule has 0 unspecified atom stereocenters. The van der Waals surface area contributed by atoms with Crippen molar-refractivity contribution in [2.75, 3.05) is 52.8 Å². The van der Waals surface area contributed by atoms with Crippen LogP contribution in [0, 0.1) is 0 Å². The van der Waals surface area contributed by atoms with Gasteiger partial charge in [-0.15, -0.1) is 0 Å². The van der Waals surface area contributed by atoms with Crippen LogP contribution in [0.3, 0.4) is 0 Å². The number of nitrogens with zero attached hydrogens (tertiary/aromatic N) is 3. The molecule has 8 heteroatoms. The summed E-state index contributed by atoms with van der Waals surface area (Å²) in [4.78, 5) is 2.63. The van der Waals surface area contributed by atoms with E-state index in [1.165, 1.54) is 0 Å². The Labute approximate surface area is 144 Å². The predicted molar refractivity (Wildman–Crippen MR) is 90.3 cm³/mol. The molecule has 128 valence electrons. The van der Waals surface area contributed by atoms with Crippen molar-refractivity contribution >= 4 is 15.9 Å². The summed E-state index contributed by atoms with van der Waals surface area (Å²) in [5.74, 6) is 0. The summed E-state index contributed by atoms with van der Waals surface area (Å²) in [5, 5.41) is 3.36. The van der Waals surface area contributed by atoms with Gasteiger partial charge in [0.05, 0.1) is 52.9 Å². The number of rotatable bonds is 14. The average molecular weight is 388 g/mol. The molecule has 7 nitrogen and oxygen atoms in total. The summed E-state index contributed by atoms with van der Waals surface area (Å²) in [7, 11) is 0. The molecule has 0 bridgehead atoms. The molecule has 0 saturated carbocycles. The minimum absolute atomic E-state index is 0.347. The smallest absolute Gasteiger partial charge is 0.0718 e. The van der Waals surface area contributed by atoms with Crippen molar-refractivity contribution in [3.63, 3.8) is 0 Å². The third-order valence-corrected chi connectivity index (χ3v) is 3.23. The first-order valence-corrected chi connectivity index (χ1v) is 8.18. The van der Waals surface area contributed by atoms with E-state index in [0.29, 0.717) is 59.4 Å². The molecule has 0 aliphatic carbocycles. The van der Waals surface area contributed by atoms with Crippen LogP contribution >= 0.6 is 15.9 Å². The zero-order valence-electron chi connectivity index (χ0n) is 13.0. The number of benzene rings is 1. The van der Waals surface area contributed by atoms with Crippen LogP contribution < -0.4 is 0 Å². The standard InChI is InChI=1S/C15H22BrN3O4/c16-15-3-1-14(2-4-15)13-23-12-11-22-10-9-21-8-7-20-6-5-18-19-17/h1-4H,5-13H2. The summed E-state index contributed by atoms with van der Waals surface area (Å²) in [6.45, 7) is 4.48. The van der Waals surface area contributed by atoms with E-state index in [-0.39, 0.29) is 0 Å². The second-order valence-electron chi connectivity index (χ2n) is 4.47. The van der Waals surface area contributed by atoms with Crippen LogP contribution in [-0.4, -0.2) is 52.8 Å². The van der Waals surface area contributed by atoms with Crippen molar-refractivity contribution in [2.45, 2.75) is 6.61 Å². The highest BCUT2D eigenvalue weighted by Crippen LogP contribution is 2.10. The van der Waals surface area contributed by atoms with Crippen LogP contribution in [0.2, 0.25) is 0 Å². The Hall–Kier alpha value is -1.15. The summed E-state index contributed by atoms with van der Waals surface area (Å²) in [6.07, 6.45) is 0. The maximum atomic E-state index is 8.06. The van der Waals surface area contributed by atoms with Gasteiger partial charge in [-0.05, 0) is 23.2 Å². The quantitative estimate of drug-likeness (QED) is 0.212. The third kappa shape index (κ3) is 12.0. The highest BCUT2D eigenvalue weighted by Gasteiger charge is 1.95. The molecule has 0 aliphatic rings. The lowest BCUT2D eigenvalue weighted by molar-refractivity contribution is -0.00334. The van der Waals surface area contributed by atoms with E-state index < -0.39 is 0 Å². The zero-order valence-corrected chi connectivity index (χ0v) is 14.6. The maximum absolute atomic E-state index is 8.06. The van der Waals surface area contributed by atoms with Crippen molar-refractivity contribution in [1.29, 1.82) is 0 Å². The Kier molecular flexibility index (Phi) is 12.5. The normalized spacial score (nSPS) is 10.5. The van der Waals surface area contributed by atoms with Gasteiger partial charge in [-0.3, -0.25) is 0 Å². The third-order valence-electron chi connectivity index (χ3n) is 2.70. The van der Waals surface area contributed by atoms with E-state index in [1.54, 1.807) is 0 Å². The van der Waals surface area contributed by atoms with E-state index in [4.69, 9.17) is 24.5 Å². The fraction of sp³-hybridized carbons (Fsp3) is 0.600. The Bertz CT molecular complexity index is 453. The molecule has 0 aliphatic heterocycles. The molecule has 0 heterocycles. The first-order chi connectivity index (χ1) is 11.3. The van der Waals surface area contributed by atoms with Crippen LogP contribution in [0.15, 0.2) is 33.9 Å². The van der Waals surface area contributed by atoms with Crippen LogP contribution in [0.5, 0.6) is 0 Å². The van der Waals surface area contributed by atoms with Gasteiger partial charge < -0.3 is 18.9 Å². The van der Waals surface area contributed by atoms with Gasteiger partial charge in [0, 0.05) is 15.9 Å². The van der Waals surface area contributed by atoms with Gasteiger partial charge >= 0.3 is 0 Å². The van der Waals surface area contributed by atoms with Crippen molar-refractivity contribution in [2.24, 2.45) is 5.11 Å². The molecule has 1 rings (SSSR count). The minimum Gasteiger partial charge on any atom is -0.379 e. The molecule has 0 N–H and O–H groups in total. The topological polar surface area (TPSA) is 85.7 Å². The molecule has 0 amide bonds. The van der Waals surface area contributed by atoms with Gasteiger partial charge in [0.2, 0.25) is 0 Å². The number of hydrogen-bond donors (Lipinski definition) is 0. The Morgan fingerprint density at radius 3 is 1.91 bits per heavy atom. The lowest BCUT2D eigenvalue weighted by atomic mass is 10.2. The molecular weight excluding hydrogens is 366 g/mol. The molecular formula is C15H22BrN3O4. The number of hydrogen-bond acceptors (Lipinski definition) is 5. The number of ether oxygens (including phenoxy) is 4. The van der Waals surface area contributed by atoms with Gasteiger partial charge in [0.25, 0.3) is 0 Å². The van der Waals surface area contributed by atoms with Crippen molar-refractivity contribution in [3.8, 4) is 0 Å². The molecule has 0 aromatic heterocycles. The summed E-state index contributed by atoms with van der Waals surface area (Å²) < 4.78 is 22.5. The lowest BCUT2D eigenvalue weighted by Crippen LogP contribution is -2.12. The van der Waals surface area contributed by atoms with E-state index in [1.807, 2.05) is 24.3 Å². The summed E-state index contributed by atoms with van der Waals surface area (Å²) in [5.41, 5.74) is 9.20. The van der Waals surface area contributed by atoms with Crippen molar-refractivity contribution in [3.05, 3.63) is 44.7 Å². The monoisotopic (exact) mass is 387 g/mol. The second kappa shape index (κ2) is 14.4. The van der Waals surface area contributed by atoms with Gasteiger partial charge in [0.1, 0.15) is 0 Å². The first kappa shape index (κ1) is 19.9. The molecule has 1 aromatic rings. The van der Waals surface area contributed by atoms with Crippen molar-refractivity contribution in [1.82, 2.24) is 0 Å². The SMILES string of the molecule is [N-]=[N+]=NCCOCCOCCOCCOCc1ccc(Br)cc1. The highest BCUT2D eigenvalue weighted by molar-refractivity contribution is 9.10. The summed E-state index contributed by atoms with van der Waals surface area (Å²) in [6, 6.07) is 8.03. The molecule has 0 fully saturated rings. The zero-order chi connectivity index (χ0) is 16.6. The van der Waals surface area contributed by atoms with E-state index in [0.717, 1.165) is 10.0 Å². The van der Waals surface area contributed by atoms with Gasteiger partial charge in [-0.2, -0.15) is 0 Å². The van der Waals surface area contributed by atoms with Gasteiger partial charge in [-0.25, -0.2) is 0 Å². The second-order valence-corrected chi connectivity index (χ2v) is 5.39. The van der Waals surface area contributed by atoms with Crippen molar-refractivity contribution < 1.29 is 18.9 Å². The Morgan fingerprint density at radius 2 is 1.35 bits per heavy atom. The van der Waals surface area contributed by atoms with Crippen LogP contribution in [0.1, 0.15) is 5.56 Å². The minimum atomic E-state index is 0.347. The summed E-state index contributed by atoms with van der Waals surface area (Å²) >= 11 is 3.39. The Morgan fingerprint density at radius 1 is 0.826 bits per heavy atom. The molecule has 23 heavy (non-hydrogen) atoms. The fourth-order valence-electron chi connectivity index (χ4n) is 1.58. The molecule has 0 radical (unpaired) electrons. The number of azide groups is 1. The molecule has 0 spiro atoms. The molecule has 0 saturated heterocycles. The lowest BCUT2D eigenvalue weighted by Gasteiger charge is -2.07. The van der Waals surface area contributed by atoms with Crippen LogP contribution in [0.25, 0.3) is 10.4 Å². The largest absolute Gasteiger partial charge is 0.379 e. The van der Waals surface area contributed by atoms with E-state index in [2.05, 4.69) is 26.0 Å². The van der Waals surface area contributed by atoms with Gasteiger partial charge in [-0.1, -0.05) is 33.2 Å². The highest BCUT2D eigenvalue weighted by atomic mass is 79.9. The molecule has 1 aromatic carbocycles. The maximum Gasteiger partial charge on any atom is 0.0718 e. The van der Waals surface area contributed by atoms with Crippen LogP contribution in [0.4, 0.5) is 0 Å². The molecule has 0 atom stereocenters. The van der Waals surface area contributed by atoms with Gasteiger partial charge in [0.15, 0.2) is 0 Å². The number of halogens is 1. The predicted octanol–water partition coefficient (Wildman–Crippen LogP) is 3.33. The van der Waals surface area contributed by atoms with E-state index in [9.17, 15) is 0 Å². The Balaban J connectivity index is 1.79. The van der Waals surface area contributed by atoms with Crippen LogP contribution in [-0.2, 0) is 25.6 Å².